The summed E-state index contributed by atoms with van der Waals surface area (Å²) < 4.78 is 28.6. The average Bonchev–Trinajstić information content (AvgIpc) is 2.68. The molecule has 0 saturated heterocycles. The molecule has 0 spiro atoms. The molecule has 2 amide bonds. The van der Waals surface area contributed by atoms with Crippen LogP contribution >= 0.6 is 11.6 Å². The number of urea groups is 1. The van der Waals surface area contributed by atoms with Gasteiger partial charge in [0.1, 0.15) is 17.2 Å². The van der Waals surface area contributed by atoms with Crippen LogP contribution in [0.25, 0.3) is 11.0 Å². The number of amides is 2. The molecule has 1 aromatic carbocycles. The van der Waals surface area contributed by atoms with Gasteiger partial charge in [0.15, 0.2) is 5.82 Å². The van der Waals surface area contributed by atoms with Crippen LogP contribution in [0.1, 0.15) is 18.1 Å². The number of hydrogen-bond donors (Lipinski definition) is 2. The van der Waals surface area contributed by atoms with E-state index in [2.05, 4.69) is 10.3 Å². The topological polar surface area (TPSA) is 72.9 Å². The van der Waals surface area contributed by atoms with Crippen molar-refractivity contribution >= 4 is 28.7 Å². The normalized spacial score (nSPS) is 12.6. The quantitative estimate of drug-likeness (QED) is 0.850. The Bertz CT molecular complexity index is 656. The number of aromatic nitrogens is 2. The van der Waals surface area contributed by atoms with Crippen LogP contribution in [0.2, 0.25) is 0 Å². The minimum atomic E-state index is -0.750. The molecule has 20 heavy (non-hydrogen) atoms. The van der Waals surface area contributed by atoms with E-state index in [1.165, 1.54) is 6.07 Å². The highest BCUT2D eigenvalue weighted by Crippen LogP contribution is 2.26. The summed E-state index contributed by atoms with van der Waals surface area (Å²) in [5.41, 5.74) is 5.31. The monoisotopic (exact) mass is 302 g/mol. The molecule has 1 heterocycles. The number of hydrogen-bond acceptors (Lipinski definition) is 2. The predicted octanol–water partition coefficient (Wildman–Crippen LogP) is 2.28. The van der Waals surface area contributed by atoms with E-state index in [1.807, 2.05) is 0 Å². The van der Waals surface area contributed by atoms with E-state index in [-0.39, 0.29) is 24.1 Å². The lowest BCUT2D eigenvalue weighted by molar-refractivity contribution is 0.248. The van der Waals surface area contributed by atoms with Gasteiger partial charge in [-0.05, 0) is 13.0 Å². The number of nitrogens with one attached hydrogen (secondary N) is 1. The van der Waals surface area contributed by atoms with E-state index >= 15 is 0 Å². The maximum atomic E-state index is 13.7. The summed E-state index contributed by atoms with van der Waals surface area (Å²) in [6.07, 6.45) is 0. The first-order valence-electron chi connectivity index (χ1n) is 5.92. The van der Waals surface area contributed by atoms with Crippen LogP contribution in [0.3, 0.4) is 0 Å². The third kappa shape index (κ3) is 2.82. The molecule has 0 fully saturated rings. The minimum absolute atomic E-state index is 0.0491. The Morgan fingerprint density at radius 3 is 2.85 bits per heavy atom. The van der Waals surface area contributed by atoms with E-state index in [0.717, 1.165) is 6.07 Å². The number of rotatable bonds is 4. The van der Waals surface area contributed by atoms with E-state index in [4.69, 9.17) is 17.3 Å². The molecule has 0 aliphatic rings. The van der Waals surface area contributed by atoms with Crippen molar-refractivity contribution in [2.24, 2.45) is 5.73 Å². The van der Waals surface area contributed by atoms with Gasteiger partial charge < -0.3 is 15.6 Å². The SMILES string of the molecule is CC(Cl)c1nc2c(F)cc(F)cc2n1CCNC(N)=O. The molecule has 2 aromatic rings. The second kappa shape index (κ2) is 5.62. The highest BCUT2D eigenvalue weighted by atomic mass is 35.5. The highest BCUT2D eigenvalue weighted by Gasteiger charge is 2.18. The van der Waals surface area contributed by atoms with Gasteiger partial charge in [-0.1, -0.05) is 0 Å². The number of fused-ring (bicyclic) bond motifs is 1. The van der Waals surface area contributed by atoms with Crippen LogP contribution in [0.15, 0.2) is 12.1 Å². The van der Waals surface area contributed by atoms with E-state index in [9.17, 15) is 13.6 Å². The van der Waals surface area contributed by atoms with Crippen molar-refractivity contribution in [3.05, 3.63) is 29.6 Å². The van der Waals surface area contributed by atoms with Crippen LogP contribution in [0, 0.1) is 11.6 Å². The number of alkyl halides is 1. The average molecular weight is 303 g/mol. The Balaban J connectivity index is 2.47. The summed E-state index contributed by atoms with van der Waals surface area (Å²) >= 11 is 6.00. The lowest BCUT2D eigenvalue weighted by atomic mass is 10.3. The molecule has 5 nitrogen and oxygen atoms in total. The van der Waals surface area contributed by atoms with Crippen molar-refractivity contribution in [3.63, 3.8) is 0 Å². The van der Waals surface area contributed by atoms with Gasteiger partial charge in [0.05, 0.1) is 10.9 Å². The number of carbonyl (C=O) groups excluding carboxylic acids is 1. The van der Waals surface area contributed by atoms with Crippen molar-refractivity contribution < 1.29 is 13.6 Å². The fourth-order valence-electron chi connectivity index (χ4n) is 2.00. The number of primary amides is 1. The third-order valence-electron chi connectivity index (χ3n) is 2.79. The van der Waals surface area contributed by atoms with E-state index < -0.39 is 23.0 Å². The van der Waals surface area contributed by atoms with Gasteiger partial charge >= 0.3 is 6.03 Å². The second-order valence-electron chi connectivity index (χ2n) is 4.28. The first-order valence-corrected chi connectivity index (χ1v) is 6.36. The minimum Gasteiger partial charge on any atom is -0.352 e. The Morgan fingerprint density at radius 1 is 1.55 bits per heavy atom. The summed E-state index contributed by atoms with van der Waals surface area (Å²) in [6.45, 7) is 2.14. The molecule has 8 heteroatoms. The van der Waals surface area contributed by atoms with E-state index in [0.29, 0.717) is 5.82 Å². The van der Waals surface area contributed by atoms with E-state index in [1.54, 1.807) is 11.5 Å². The smallest absolute Gasteiger partial charge is 0.312 e. The second-order valence-corrected chi connectivity index (χ2v) is 4.94. The Hall–Kier alpha value is -1.89. The molecule has 0 aliphatic carbocycles. The number of nitrogens with two attached hydrogens (primary N) is 1. The fraction of sp³-hybridized carbons (Fsp3) is 0.333. The Morgan fingerprint density at radius 2 is 2.25 bits per heavy atom. The first kappa shape index (κ1) is 14.5. The molecule has 0 saturated carbocycles. The van der Waals surface area contributed by atoms with Gasteiger partial charge in [-0.25, -0.2) is 18.6 Å². The number of halogens is 3. The zero-order valence-corrected chi connectivity index (χ0v) is 11.4. The highest BCUT2D eigenvalue weighted by molar-refractivity contribution is 6.20. The van der Waals surface area contributed by atoms with Crippen LogP contribution in [-0.4, -0.2) is 22.1 Å². The first-order chi connectivity index (χ1) is 9.40. The molecule has 2 rings (SSSR count). The molecule has 3 N–H and O–H groups in total. The number of imidazole rings is 1. The van der Waals surface area contributed by atoms with Gasteiger partial charge in [-0.2, -0.15) is 0 Å². The standard InChI is InChI=1S/C12H13ClF2N4O/c1-6(13)11-18-10-8(15)4-7(14)5-9(10)19(11)3-2-17-12(16)20/h4-6H,2-3H2,1H3,(H3,16,17,20). The van der Waals surface area contributed by atoms with Crippen molar-refractivity contribution in [2.75, 3.05) is 6.54 Å². The van der Waals surface area contributed by atoms with Crippen molar-refractivity contribution in [2.45, 2.75) is 18.8 Å². The summed E-state index contributed by atoms with van der Waals surface area (Å²) in [5.74, 6) is -1.05. The van der Waals surface area contributed by atoms with Gasteiger partial charge in [0.25, 0.3) is 0 Å². The van der Waals surface area contributed by atoms with Gasteiger partial charge in [-0.15, -0.1) is 11.6 Å². The fourth-order valence-corrected chi connectivity index (χ4v) is 2.16. The molecule has 0 aliphatic heterocycles. The van der Waals surface area contributed by atoms with Crippen molar-refractivity contribution in [3.8, 4) is 0 Å². The maximum Gasteiger partial charge on any atom is 0.312 e. The zero-order chi connectivity index (χ0) is 14.9. The van der Waals surface area contributed by atoms with Crippen LogP contribution in [0.5, 0.6) is 0 Å². The molecule has 108 valence electrons. The maximum absolute atomic E-state index is 13.7. The zero-order valence-electron chi connectivity index (χ0n) is 10.7. The lowest BCUT2D eigenvalue weighted by Gasteiger charge is -2.10. The number of benzene rings is 1. The Kier molecular flexibility index (Phi) is 4.08. The molecule has 0 radical (unpaired) electrons. The molecular weight excluding hydrogens is 290 g/mol. The lowest BCUT2D eigenvalue weighted by Crippen LogP contribution is -2.32. The molecule has 0 bridgehead atoms. The number of carbonyl (C=O) groups is 1. The predicted molar refractivity (Wildman–Crippen MR) is 71.5 cm³/mol. The largest absolute Gasteiger partial charge is 0.352 e. The summed E-state index contributed by atoms with van der Waals surface area (Å²) in [7, 11) is 0. The van der Waals surface area contributed by atoms with Gasteiger partial charge in [-0.3, -0.25) is 0 Å². The number of nitrogens with zero attached hydrogens (tertiary/aromatic N) is 2. The van der Waals surface area contributed by atoms with Crippen LogP contribution in [-0.2, 0) is 6.54 Å². The van der Waals surface area contributed by atoms with Gasteiger partial charge in [0, 0.05) is 19.2 Å². The molecular formula is C12H13ClF2N4O. The van der Waals surface area contributed by atoms with Gasteiger partial charge in [0.2, 0.25) is 0 Å². The Labute approximate surface area is 118 Å². The molecule has 1 aromatic heterocycles. The van der Waals surface area contributed by atoms with Crippen molar-refractivity contribution in [1.29, 1.82) is 0 Å². The summed E-state index contributed by atoms with van der Waals surface area (Å²) in [6, 6.07) is 1.27. The third-order valence-corrected chi connectivity index (χ3v) is 2.99. The summed E-state index contributed by atoms with van der Waals surface area (Å²) in [5, 5.41) is 1.92. The van der Waals surface area contributed by atoms with Crippen LogP contribution in [0.4, 0.5) is 13.6 Å². The van der Waals surface area contributed by atoms with Crippen molar-refractivity contribution in [1.82, 2.24) is 14.9 Å². The molecule has 1 atom stereocenters. The molecule has 1 unspecified atom stereocenters. The summed E-state index contributed by atoms with van der Waals surface area (Å²) in [4.78, 5) is 14.8. The van der Waals surface area contributed by atoms with Crippen LogP contribution < -0.4 is 11.1 Å².